The van der Waals surface area contributed by atoms with Crippen LogP contribution in [0.3, 0.4) is 0 Å². The number of carbonyl (C=O) groups excluding carboxylic acids is 1. The molecule has 7 heteroatoms. The number of rotatable bonds is 5. The molecule has 20 heavy (non-hydrogen) atoms. The zero-order chi connectivity index (χ0) is 14.5. The van der Waals surface area contributed by atoms with Crippen molar-refractivity contribution in [2.75, 3.05) is 19.4 Å². The molecule has 7 nitrogen and oxygen atoms in total. The van der Waals surface area contributed by atoms with Gasteiger partial charge in [-0.1, -0.05) is 0 Å². The van der Waals surface area contributed by atoms with E-state index in [0.29, 0.717) is 11.5 Å². The molecule has 0 fully saturated rings. The molecule has 1 atom stereocenters. The smallest absolute Gasteiger partial charge is 0.273 e. The molecule has 2 heterocycles. The van der Waals surface area contributed by atoms with Crippen LogP contribution >= 0.6 is 0 Å². The van der Waals surface area contributed by atoms with Gasteiger partial charge in [0.1, 0.15) is 5.82 Å². The van der Waals surface area contributed by atoms with Gasteiger partial charge in [-0.25, -0.2) is 0 Å². The zero-order valence-corrected chi connectivity index (χ0v) is 11.8. The molecular formula is C13H18N6O. The third-order valence-corrected chi connectivity index (χ3v) is 2.70. The lowest BCUT2D eigenvalue weighted by atomic mass is 10.3. The molecule has 2 rings (SSSR count). The molecule has 0 aliphatic heterocycles. The van der Waals surface area contributed by atoms with Gasteiger partial charge >= 0.3 is 0 Å². The van der Waals surface area contributed by atoms with E-state index >= 15 is 0 Å². The monoisotopic (exact) mass is 274 g/mol. The van der Waals surface area contributed by atoms with Gasteiger partial charge in [0.25, 0.3) is 5.91 Å². The zero-order valence-electron chi connectivity index (χ0n) is 11.8. The third kappa shape index (κ3) is 3.53. The van der Waals surface area contributed by atoms with Crippen LogP contribution < -0.4 is 5.32 Å². The predicted octanol–water partition coefficient (Wildman–Crippen LogP) is 0.875. The highest BCUT2D eigenvalue weighted by atomic mass is 16.2. The SMILES string of the molecule is CC(Cn1cccn1)Nc1ccc(C(=O)N(C)C)nn1. The molecule has 1 N–H and O–H groups in total. The first-order valence-corrected chi connectivity index (χ1v) is 6.35. The lowest BCUT2D eigenvalue weighted by Crippen LogP contribution is -2.25. The molecule has 0 saturated heterocycles. The minimum atomic E-state index is -0.159. The highest BCUT2D eigenvalue weighted by Crippen LogP contribution is 2.06. The van der Waals surface area contributed by atoms with Gasteiger partial charge in [0.2, 0.25) is 0 Å². The molecule has 0 radical (unpaired) electrons. The summed E-state index contributed by atoms with van der Waals surface area (Å²) < 4.78 is 1.84. The highest BCUT2D eigenvalue weighted by Gasteiger charge is 2.11. The fraction of sp³-hybridized carbons (Fsp3) is 0.385. The molecule has 1 unspecified atom stereocenters. The lowest BCUT2D eigenvalue weighted by molar-refractivity contribution is 0.0821. The summed E-state index contributed by atoms with van der Waals surface area (Å²) in [6.07, 6.45) is 3.65. The van der Waals surface area contributed by atoms with Gasteiger partial charge in [-0.05, 0) is 25.1 Å². The van der Waals surface area contributed by atoms with Crippen LogP contribution in [0.25, 0.3) is 0 Å². The minimum Gasteiger partial charge on any atom is -0.364 e. The normalized spacial score (nSPS) is 11.9. The minimum absolute atomic E-state index is 0.152. The van der Waals surface area contributed by atoms with E-state index in [1.54, 1.807) is 32.4 Å². The Labute approximate surface area is 117 Å². The molecule has 0 spiro atoms. The lowest BCUT2D eigenvalue weighted by Gasteiger charge is -2.14. The average Bonchev–Trinajstić information content (AvgIpc) is 2.91. The van der Waals surface area contributed by atoms with Crippen LogP contribution in [0.5, 0.6) is 0 Å². The summed E-state index contributed by atoms with van der Waals surface area (Å²) >= 11 is 0. The summed E-state index contributed by atoms with van der Waals surface area (Å²) in [6.45, 7) is 2.76. The second kappa shape index (κ2) is 6.14. The second-order valence-corrected chi connectivity index (χ2v) is 4.78. The van der Waals surface area contributed by atoms with Crippen LogP contribution in [0, 0.1) is 0 Å². The van der Waals surface area contributed by atoms with Gasteiger partial charge < -0.3 is 10.2 Å². The molecule has 2 aromatic rings. The Kier molecular flexibility index (Phi) is 4.29. The van der Waals surface area contributed by atoms with E-state index in [1.165, 1.54) is 4.90 Å². The van der Waals surface area contributed by atoms with Crippen molar-refractivity contribution < 1.29 is 4.79 Å². The Hall–Kier alpha value is -2.44. The van der Waals surface area contributed by atoms with E-state index in [2.05, 4.69) is 20.6 Å². The Morgan fingerprint density at radius 1 is 1.40 bits per heavy atom. The van der Waals surface area contributed by atoms with Crippen LogP contribution in [0.15, 0.2) is 30.6 Å². The van der Waals surface area contributed by atoms with Gasteiger partial charge in [0, 0.05) is 32.5 Å². The van der Waals surface area contributed by atoms with Crippen molar-refractivity contribution in [3.63, 3.8) is 0 Å². The Morgan fingerprint density at radius 2 is 2.20 bits per heavy atom. The maximum atomic E-state index is 11.7. The van der Waals surface area contributed by atoms with Gasteiger partial charge in [-0.3, -0.25) is 9.48 Å². The first-order valence-electron chi connectivity index (χ1n) is 6.35. The summed E-state index contributed by atoms with van der Waals surface area (Å²) in [5.74, 6) is 0.480. The summed E-state index contributed by atoms with van der Waals surface area (Å²) in [6, 6.07) is 5.45. The van der Waals surface area contributed by atoms with Crippen molar-refractivity contribution in [3.8, 4) is 0 Å². The van der Waals surface area contributed by atoms with E-state index in [9.17, 15) is 4.79 Å². The van der Waals surface area contributed by atoms with Crippen LogP contribution in [0.2, 0.25) is 0 Å². The number of amides is 1. The first-order chi connectivity index (χ1) is 9.56. The van der Waals surface area contributed by atoms with Crippen molar-refractivity contribution in [2.24, 2.45) is 0 Å². The number of anilines is 1. The third-order valence-electron chi connectivity index (χ3n) is 2.70. The standard InChI is InChI=1S/C13H18N6O/c1-10(9-19-8-4-7-14-19)15-12-6-5-11(16-17-12)13(20)18(2)3/h4-8,10H,9H2,1-3H3,(H,15,17). The molecule has 0 aliphatic rings. The van der Waals surface area contributed by atoms with Gasteiger partial charge in [0.15, 0.2) is 5.69 Å². The number of nitrogens with one attached hydrogen (secondary N) is 1. The van der Waals surface area contributed by atoms with Crippen LogP contribution in [0.4, 0.5) is 5.82 Å². The first kappa shape index (κ1) is 14.0. The van der Waals surface area contributed by atoms with E-state index in [4.69, 9.17) is 0 Å². The molecule has 0 bridgehead atoms. The predicted molar refractivity (Wildman–Crippen MR) is 75.4 cm³/mol. The van der Waals surface area contributed by atoms with E-state index in [1.807, 2.05) is 23.9 Å². The fourth-order valence-corrected chi connectivity index (χ4v) is 1.74. The number of nitrogens with zero attached hydrogens (tertiary/aromatic N) is 5. The second-order valence-electron chi connectivity index (χ2n) is 4.78. The molecule has 0 saturated carbocycles. The van der Waals surface area contributed by atoms with Crippen LogP contribution in [-0.2, 0) is 6.54 Å². The maximum absolute atomic E-state index is 11.7. The molecule has 106 valence electrons. The molecule has 0 aliphatic carbocycles. The van der Waals surface area contributed by atoms with Crippen molar-refractivity contribution in [3.05, 3.63) is 36.3 Å². The van der Waals surface area contributed by atoms with Crippen molar-refractivity contribution >= 4 is 11.7 Å². The summed E-state index contributed by atoms with van der Waals surface area (Å²) in [7, 11) is 3.37. The van der Waals surface area contributed by atoms with Crippen LogP contribution in [0.1, 0.15) is 17.4 Å². The number of hydrogen-bond acceptors (Lipinski definition) is 5. The maximum Gasteiger partial charge on any atom is 0.273 e. The molecular weight excluding hydrogens is 256 g/mol. The molecule has 1 amide bonds. The average molecular weight is 274 g/mol. The number of aromatic nitrogens is 4. The Morgan fingerprint density at radius 3 is 2.75 bits per heavy atom. The topological polar surface area (TPSA) is 75.9 Å². The quantitative estimate of drug-likeness (QED) is 0.875. The fourth-order valence-electron chi connectivity index (χ4n) is 1.74. The number of carbonyl (C=O) groups is 1. The number of hydrogen-bond donors (Lipinski definition) is 1. The Balaban J connectivity index is 1.95. The van der Waals surface area contributed by atoms with E-state index in [0.717, 1.165) is 6.54 Å². The summed E-state index contributed by atoms with van der Waals surface area (Å²) in [5.41, 5.74) is 0.334. The van der Waals surface area contributed by atoms with Crippen molar-refractivity contribution in [1.29, 1.82) is 0 Å². The Bertz CT molecular complexity index is 549. The van der Waals surface area contributed by atoms with Gasteiger partial charge in [-0.2, -0.15) is 5.10 Å². The van der Waals surface area contributed by atoms with Crippen LogP contribution in [-0.4, -0.2) is 50.9 Å². The largest absolute Gasteiger partial charge is 0.364 e. The summed E-state index contributed by atoms with van der Waals surface area (Å²) in [4.78, 5) is 13.2. The van der Waals surface area contributed by atoms with Gasteiger partial charge in [-0.15, -0.1) is 10.2 Å². The van der Waals surface area contributed by atoms with Gasteiger partial charge in [0.05, 0.1) is 6.54 Å². The molecule has 0 aromatic carbocycles. The molecule has 2 aromatic heterocycles. The van der Waals surface area contributed by atoms with Crippen molar-refractivity contribution in [2.45, 2.75) is 19.5 Å². The highest BCUT2D eigenvalue weighted by molar-refractivity contribution is 5.91. The van der Waals surface area contributed by atoms with Crippen molar-refractivity contribution in [1.82, 2.24) is 24.9 Å². The van der Waals surface area contributed by atoms with E-state index < -0.39 is 0 Å². The summed E-state index contributed by atoms with van der Waals surface area (Å²) in [5, 5.41) is 15.3. The van der Waals surface area contributed by atoms with E-state index in [-0.39, 0.29) is 11.9 Å².